The molecule has 1 heterocycles. The Morgan fingerprint density at radius 2 is 1.76 bits per heavy atom. The minimum atomic E-state index is 0.404. The lowest BCUT2D eigenvalue weighted by Crippen LogP contribution is -2.01. The Morgan fingerprint density at radius 3 is 2.29 bits per heavy atom. The monoisotopic (exact) mass is 293 g/mol. The molecule has 0 fully saturated rings. The van der Waals surface area contributed by atoms with Gasteiger partial charge in [0.25, 0.3) is 5.89 Å². The molecule has 2 N–H and O–H groups in total. The second-order valence-electron chi connectivity index (χ2n) is 4.32. The first-order chi connectivity index (χ1) is 10.2. The smallest absolute Gasteiger partial charge is 0.258 e. The van der Waals surface area contributed by atoms with Gasteiger partial charge in [-0.1, -0.05) is 5.16 Å². The van der Waals surface area contributed by atoms with Crippen LogP contribution in [0.15, 0.2) is 16.7 Å². The number of aryl methyl sites for hydroxylation is 1. The fourth-order valence-electron chi connectivity index (χ4n) is 1.94. The minimum Gasteiger partial charge on any atom is -0.493 e. The summed E-state index contributed by atoms with van der Waals surface area (Å²) in [4.78, 5) is 4.34. The number of ether oxygens (including phenoxy) is 3. The molecule has 7 nitrogen and oxygen atoms in total. The fourth-order valence-corrected chi connectivity index (χ4v) is 1.94. The van der Waals surface area contributed by atoms with Crippen LogP contribution in [-0.4, -0.2) is 38.0 Å². The molecule has 0 aliphatic rings. The topological polar surface area (TPSA) is 92.6 Å². The van der Waals surface area contributed by atoms with Crippen molar-refractivity contribution in [3.8, 4) is 28.7 Å². The first kappa shape index (κ1) is 15.1. The molecule has 114 valence electrons. The van der Waals surface area contributed by atoms with E-state index in [0.29, 0.717) is 47.5 Å². The maximum absolute atomic E-state index is 5.47. The molecule has 1 aromatic heterocycles. The molecule has 0 amide bonds. The van der Waals surface area contributed by atoms with Gasteiger partial charge in [-0.15, -0.1) is 0 Å². The van der Waals surface area contributed by atoms with Crippen molar-refractivity contribution in [2.75, 3.05) is 27.9 Å². The highest BCUT2D eigenvalue weighted by molar-refractivity contribution is 5.65. The second-order valence-corrected chi connectivity index (χ2v) is 4.32. The maximum atomic E-state index is 5.47. The zero-order valence-electron chi connectivity index (χ0n) is 12.4. The van der Waals surface area contributed by atoms with Gasteiger partial charge in [0.2, 0.25) is 5.75 Å². The zero-order chi connectivity index (χ0) is 15.2. The summed E-state index contributed by atoms with van der Waals surface area (Å²) < 4.78 is 21.1. The second kappa shape index (κ2) is 6.94. The Balaban J connectivity index is 2.37. The molecular weight excluding hydrogens is 274 g/mol. The molecule has 0 aliphatic heterocycles. The normalized spacial score (nSPS) is 10.5. The summed E-state index contributed by atoms with van der Waals surface area (Å²) in [6.07, 6.45) is 1.50. The summed E-state index contributed by atoms with van der Waals surface area (Å²) in [5, 5.41) is 3.93. The van der Waals surface area contributed by atoms with Gasteiger partial charge in [-0.2, -0.15) is 4.98 Å². The third-order valence-corrected chi connectivity index (χ3v) is 2.98. The average molecular weight is 293 g/mol. The highest BCUT2D eigenvalue weighted by Crippen LogP contribution is 2.40. The van der Waals surface area contributed by atoms with Gasteiger partial charge in [-0.3, -0.25) is 0 Å². The summed E-state index contributed by atoms with van der Waals surface area (Å²) in [7, 11) is 4.67. The number of methoxy groups -OCH3 is 3. The van der Waals surface area contributed by atoms with E-state index in [4.69, 9.17) is 24.5 Å². The first-order valence-electron chi connectivity index (χ1n) is 6.56. The first-order valence-corrected chi connectivity index (χ1v) is 6.56. The van der Waals surface area contributed by atoms with Gasteiger partial charge in [0, 0.05) is 12.0 Å². The lowest BCUT2D eigenvalue weighted by molar-refractivity contribution is 0.324. The summed E-state index contributed by atoms with van der Waals surface area (Å²) in [6.45, 7) is 0.591. The molecule has 21 heavy (non-hydrogen) atoms. The zero-order valence-corrected chi connectivity index (χ0v) is 12.4. The van der Waals surface area contributed by atoms with Gasteiger partial charge in [0.15, 0.2) is 17.3 Å². The minimum absolute atomic E-state index is 0.404. The van der Waals surface area contributed by atoms with Crippen molar-refractivity contribution in [3.05, 3.63) is 18.0 Å². The van der Waals surface area contributed by atoms with Crippen molar-refractivity contribution in [2.45, 2.75) is 12.8 Å². The van der Waals surface area contributed by atoms with Crippen LogP contribution in [0.25, 0.3) is 11.5 Å². The molecule has 0 spiro atoms. The predicted octanol–water partition coefficient (Wildman–Crippen LogP) is 1.65. The molecule has 0 atom stereocenters. The molecule has 2 aromatic rings. The van der Waals surface area contributed by atoms with Gasteiger partial charge in [-0.05, 0) is 25.1 Å². The Bertz CT molecular complexity index is 573. The molecular formula is C14H19N3O4. The van der Waals surface area contributed by atoms with Gasteiger partial charge in [-0.25, -0.2) is 0 Å². The number of rotatable bonds is 7. The van der Waals surface area contributed by atoms with Crippen LogP contribution in [0.2, 0.25) is 0 Å². The molecule has 0 saturated carbocycles. The standard InChI is InChI=1S/C14H19N3O4/c1-18-10-7-9(8-11(19-2)13(10)20-3)14-16-12(17-21-14)5-4-6-15/h7-8H,4-6,15H2,1-3H3. The van der Waals surface area contributed by atoms with E-state index in [1.165, 1.54) is 0 Å². The van der Waals surface area contributed by atoms with Gasteiger partial charge < -0.3 is 24.5 Å². The summed E-state index contributed by atoms with van der Waals surface area (Å²) in [6, 6.07) is 3.53. The van der Waals surface area contributed by atoms with Crippen molar-refractivity contribution in [1.29, 1.82) is 0 Å². The van der Waals surface area contributed by atoms with E-state index in [9.17, 15) is 0 Å². The number of nitrogens with zero attached hydrogens (tertiary/aromatic N) is 2. The number of nitrogens with two attached hydrogens (primary N) is 1. The Kier molecular flexibility index (Phi) is 4.99. The fraction of sp³-hybridized carbons (Fsp3) is 0.429. The third kappa shape index (κ3) is 3.25. The van der Waals surface area contributed by atoms with E-state index in [0.717, 1.165) is 6.42 Å². The van der Waals surface area contributed by atoms with Crippen LogP contribution in [0, 0.1) is 0 Å². The van der Waals surface area contributed by atoms with E-state index in [-0.39, 0.29) is 0 Å². The molecule has 0 bridgehead atoms. The number of hydrogen-bond donors (Lipinski definition) is 1. The van der Waals surface area contributed by atoms with Crippen LogP contribution in [0.5, 0.6) is 17.2 Å². The average Bonchev–Trinajstić information content (AvgIpc) is 3.00. The van der Waals surface area contributed by atoms with Crippen LogP contribution in [0.1, 0.15) is 12.2 Å². The van der Waals surface area contributed by atoms with Crippen LogP contribution in [0.4, 0.5) is 0 Å². The van der Waals surface area contributed by atoms with E-state index >= 15 is 0 Å². The third-order valence-electron chi connectivity index (χ3n) is 2.98. The SMILES string of the molecule is COc1cc(-c2nc(CCCN)no2)cc(OC)c1OC. The molecule has 0 saturated heterocycles. The lowest BCUT2D eigenvalue weighted by Gasteiger charge is -2.12. The lowest BCUT2D eigenvalue weighted by atomic mass is 10.2. The van der Waals surface area contributed by atoms with Crippen LogP contribution < -0.4 is 19.9 Å². The van der Waals surface area contributed by atoms with E-state index in [1.807, 2.05) is 0 Å². The molecule has 0 aliphatic carbocycles. The number of aromatic nitrogens is 2. The highest BCUT2D eigenvalue weighted by Gasteiger charge is 2.17. The van der Waals surface area contributed by atoms with Gasteiger partial charge >= 0.3 is 0 Å². The van der Waals surface area contributed by atoms with Crippen molar-refractivity contribution >= 4 is 0 Å². The molecule has 7 heteroatoms. The van der Waals surface area contributed by atoms with Crippen LogP contribution in [-0.2, 0) is 6.42 Å². The van der Waals surface area contributed by atoms with E-state index in [2.05, 4.69) is 10.1 Å². The number of benzene rings is 1. The van der Waals surface area contributed by atoms with Crippen molar-refractivity contribution in [3.63, 3.8) is 0 Å². The molecule has 0 radical (unpaired) electrons. The van der Waals surface area contributed by atoms with E-state index in [1.54, 1.807) is 33.5 Å². The van der Waals surface area contributed by atoms with Gasteiger partial charge in [0.05, 0.1) is 21.3 Å². The molecule has 1 aromatic carbocycles. The largest absolute Gasteiger partial charge is 0.493 e. The summed E-state index contributed by atoms with van der Waals surface area (Å²) >= 11 is 0. The van der Waals surface area contributed by atoms with Crippen LogP contribution >= 0.6 is 0 Å². The van der Waals surface area contributed by atoms with Crippen molar-refractivity contribution in [1.82, 2.24) is 10.1 Å². The van der Waals surface area contributed by atoms with Crippen LogP contribution in [0.3, 0.4) is 0 Å². The Labute approximate surface area is 123 Å². The number of hydrogen-bond acceptors (Lipinski definition) is 7. The molecule has 2 rings (SSSR count). The van der Waals surface area contributed by atoms with Gasteiger partial charge in [0.1, 0.15) is 0 Å². The summed E-state index contributed by atoms with van der Waals surface area (Å²) in [5.74, 6) is 2.62. The predicted molar refractivity (Wildman–Crippen MR) is 76.8 cm³/mol. The highest BCUT2D eigenvalue weighted by atomic mass is 16.5. The quantitative estimate of drug-likeness (QED) is 0.829. The summed E-state index contributed by atoms with van der Waals surface area (Å²) in [5.41, 5.74) is 6.17. The van der Waals surface area contributed by atoms with Crippen molar-refractivity contribution in [2.24, 2.45) is 5.73 Å². The van der Waals surface area contributed by atoms with Crippen molar-refractivity contribution < 1.29 is 18.7 Å². The molecule has 0 unspecified atom stereocenters. The van der Waals surface area contributed by atoms with E-state index < -0.39 is 0 Å². The maximum Gasteiger partial charge on any atom is 0.258 e. The Morgan fingerprint density at radius 1 is 1.10 bits per heavy atom. The Hall–Kier alpha value is -2.28.